The minimum atomic E-state index is -0.439. The fourth-order valence-corrected chi connectivity index (χ4v) is 4.16. The van der Waals surface area contributed by atoms with Crippen molar-refractivity contribution in [1.82, 2.24) is 0 Å². The molecular weight excluding hydrogens is 520 g/mol. The molecule has 0 radical (unpaired) electrons. The molecule has 0 N–H and O–H groups in total. The smallest absolute Gasteiger partial charge is 0.258 e. The molecule has 0 saturated heterocycles. The normalized spacial score (nSPS) is 11.3. The van der Waals surface area contributed by atoms with Crippen LogP contribution < -0.4 is 0 Å². The fraction of sp³-hybridized carbons (Fsp3) is 0.226. The van der Waals surface area contributed by atoms with E-state index >= 15 is 0 Å². The molecule has 0 bridgehead atoms. The lowest BCUT2D eigenvalue weighted by Crippen LogP contribution is -1.88. The number of nitrogens with zero attached hydrogens (tertiary/aromatic N) is 6. The maximum Gasteiger partial charge on any atom is 0.269 e. The molecule has 0 fully saturated rings. The second kappa shape index (κ2) is 14.9. The van der Waals surface area contributed by atoms with Gasteiger partial charge in [0.25, 0.3) is 11.4 Å². The van der Waals surface area contributed by atoms with E-state index < -0.39 is 9.85 Å². The second-order valence-corrected chi connectivity index (χ2v) is 9.55. The predicted octanol–water partition coefficient (Wildman–Crippen LogP) is 10.1. The van der Waals surface area contributed by atoms with E-state index in [4.69, 9.17) is 0 Å². The zero-order valence-electron chi connectivity index (χ0n) is 22.5. The molecule has 0 aliphatic rings. The highest BCUT2D eigenvalue weighted by Crippen LogP contribution is 2.23. The van der Waals surface area contributed by atoms with Gasteiger partial charge in [0.05, 0.1) is 32.6 Å². The average Bonchev–Trinajstić information content (AvgIpc) is 3.00. The Labute approximate surface area is 237 Å². The third-order valence-electron chi connectivity index (χ3n) is 6.49. The average molecular weight is 551 g/mol. The summed E-state index contributed by atoms with van der Waals surface area (Å²) in [5.74, 6) is 0. The van der Waals surface area contributed by atoms with Crippen molar-refractivity contribution in [2.75, 3.05) is 0 Å². The molecular formula is C31H30N6O4. The standard InChI is InChI=1S/C31H30N6O4/c38-36(39)30-20-16-28(17-21-30)34-32-26-12-8-24(9-13-26)6-4-2-1-3-5-7-25-10-14-27(15-11-25)33-35-29-18-22-31(23-19-29)37(40)41/h8-23H,1-7H2. The van der Waals surface area contributed by atoms with Gasteiger partial charge in [0, 0.05) is 24.3 Å². The van der Waals surface area contributed by atoms with E-state index in [1.165, 1.54) is 54.7 Å². The molecule has 4 aromatic rings. The summed E-state index contributed by atoms with van der Waals surface area (Å²) in [6, 6.07) is 28.0. The van der Waals surface area contributed by atoms with E-state index in [0.717, 1.165) is 37.1 Å². The number of non-ortho nitro benzene ring substituents is 2. The van der Waals surface area contributed by atoms with E-state index in [1.54, 1.807) is 24.3 Å². The Morgan fingerprint density at radius 2 is 0.683 bits per heavy atom. The number of benzene rings is 4. The predicted molar refractivity (Wildman–Crippen MR) is 158 cm³/mol. The Balaban J connectivity index is 1.09. The number of nitro groups is 2. The van der Waals surface area contributed by atoms with Crippen molar-refractivity contribution in [2.45, 2.75) is 44.9 Å². The van der Waals surface area contributed by atoms with Crippen LogP contribution in [0.15, 0.2) is 118 Å². The van der Waals surface area contributed by atoms with Crippen LogP contribution in [0.25, 0.3) is 0 Å². The number of azo groups is 2. The minimum Gasteiger partial charge on any atom is -0.258 e. The lowest BCUT2D eigenvalue weighted by molar-refractivity contribution is -0.385. The van der Waals surface area contributed by atoms with Crippen molar-refractivity contribution >= 4 is 34.1 Å². The first kappa shape index (κ1) is 28.9. The molecule has 0 atom stereocenters. The van der Waals surface area contributed by atoms with E-state index in [-0.39, 0.29) is 11.4 Å². The van der Waals surface area contributed by atoms with Crippen molar-refractivity contribution in [1.29, 1.82) is 0 Å². The molecule has 0 spiro atoms. The van der Waals surface area contributed by atoms with Crippen LogP contribution in [0.3, 0.4) is 0 Å². The first-order chi connectivity index (χ1) is 20.0. The Morgan fingerprint density at radius 3 is 0.976 bits per heavy atom. The molecule has 4 rings (SSSR count). The summed E-state index contributed by atoms with van der Waals surface area (Å²) in [5, 5.41) is 38.2. The molecule has 208 valence electrons. The summed E-state index contributed by atoms with van der Waals surface area (Å²) in [6.45, 7) is 0. The van der Waals surface area contributed by atoms with Crippen LogP contribution in [-0.2, 0) is 12.8 Å². The van der Waals surface area contributed by atoms with Crippen molar-refractivity contribution < 1.29 is 9.85 Å². The van der Waals surface area contributed by atoms with Crippen LogP contribution in [-0.4, -0.2) is 9.85 Å². The Kier molecular flexibility index (Phi) is 10.5. The molecule has 0 aliphatic carbocycles. The number of unbranched alkanes of at least 4 members (excludes halogenated alkanes) is 4. The maximum absolute atomic E-state index is 10.7. The summed E-state index contributed by atoms with van der Waals surface area (Å²) in [6.07, 6.45) is 7.89. The number of aryl methyl sites for hydroxylation is 2. The molecule has 0 aromatic heterocycles. The summed E-state index contributed by atoms with van der Waals surface area (Å²) in [4.78, 5) is 20.6. The largest absolute Gasteiger partial charge is 0.269 e. The van der Waals surface area contributed by atoms with E-state index in [2.05, 4.69) is 44.7 Å². The minimum absolute atomic E-state index is 0.0308. The summed E-state index contributed by atoms with van der Waals surface area (Å²) >= 11 is 0. The van der Waals surface area contributed by atoms with Gasteiger partial charge in [0.1, 0.15) is 0 Å². The van der Waals surface area contributed by atoms with Crippen LogP contribution in [0.1, 0.15) is 43.2 Å². The highest BCUT2D eigenvalue weighted by Gasteiger charge is 2.04. The van der Waals surface area contributed by atoms with Gasteiger partial charge in [-0.1, -0.05) is 43.5 Å². The van der Waals surface area contributed by atoms with Crippen LogP contribution >= 0.6 is 0 Å². The molecule has 0 amide bonds. The molecule has 10 heteroatoms. The Hall–Kier alpha value is -5.12. The fourth-order valence-electron chi connectivity index (χ4n) is 4.16. The SMILES string of the molecule is O=[N+]([O-])c1ccc(N=Nc2ccc(CCCCCCCc3ccc(N=Nc4ccc([N+](=O)[O-])cc4)cc3)cc2)cc1. The molecule has 0 saturated carbocycles. The van der Waals surface area contributed by atoms with Crippen LogP contribution in [0.2, 0.25) is 0 Å². The second-order valence-electron chi connectivity index (χ2n) is 9.55. The van der Waals surface area contributed by atoms with Gasteiger partial charge in [0.15, 0.2) is 0 Å². The summed E-state index contributed by atoms with van der Waals surface area (Å²) in [5.41, 5.74) is 5.22. The van der Waals surface area contributed by atoms with Crippen molar-refractivity contribution in [2.24, 2.45) is 20.5 Å². The van der Waals surface area contributed by atoms with Crippen molar-refractivity contribution in [3.63, 3.8) is 0 Å². The van der Waals surface area contributed by atoms with Gasteiger partial charge in [-0.2, -0.15) is 20.5 Å². The van der Waals surface area contributed by atoms with Crippen molar-refractivity contribution in [3.8, 4) is 0 Å². The highest BCUT2D eigenvalue weighted by molar-refractivity contribution is 5.46. The van der Waals surface area contributed by atoms with Gasteiger partial charge < -0.3 is 0 Å². The number of hydrogen-bond acceptors (Lipinski definition) is 8. The van der Waals surface area contributed by atoms with E-state index in [9.17, 15) is 20.2 Å². The van der Waals surface area contributed by atoms with Gasteiger partial charge >= 0.3 is 0 Å². The monoisotopic (exact) mass is 550 g/mol. The third kappa shape index (κ3) is 9.54. The van der Waals surface area contributed by atoms with E-state index in [1.807, 2.05) is 24.3 Å². The topological polar surface area (TPSA) is 136 Å². The zero-order chi connectivity index (χ0) is 28.9. The quantitative estimate of drug-likeness (QED) is 0.0667. The first-order valence-electron chi connectivity index (χ1n) is 13.5. The van der Waals surface area contributed by atoms with Crippen LogP contribution in [0.5, 0.6) is 0 Å². The van der Waals surface area contributed by atoms with Gasteiger partial charge in [-0.05, 0) is 85.3 Å². The van der Waals surface area contributed by atoms with Gasteiger partial charge in [-0.25, -0.2) is 0 Å². The molecule has 0 heterocycles. The molecule has 10 nitrogen and oxygen atoms in total. The summed E-state index contributed by atoms with van der Waals surface area (Å²) < 4.78 is 0. The number of hydrogen-bond donors (Lipinski definition) is 0. The Morgan fingerprint density at radius 1 is 0.415 bits per heavy atom. The van der Waals surface area contributed by atoms with E-state index in [0.29, 0.717) is 11.4 Å². The molecule has 4 aromatic carbocycles. The molecule has 0 aliphatic heterocycles. The molecule has 41 heavy (non-hydrogen) atoms. The summed E-state index contributed by atoms with van der Waals surface area (Å²) in [7, 11) is 0. The van der Waals surface area contributed by atoms with Gasteiger partial charge in [-0.15, -0.1) is 0 Å². The van der Waals surface area contributed by atoms with Gasteiger partial charge in [0.2, 0.25) is 0 Å². The Bertz CT molecular complexity index is 1370. The maximum atomic E-state index is 10.7. The molecule has 0 unspecified atom stereocenters. The third-order valence-corrected chi connectivity index (χ3v) is 6.49. The van der Waals surface area contributed by atoms with Crippen molar-refractivity contribution in [3.05, 3.63) is 128 Å². The lowest BCUT2D eigenvalue weighted by Gasteiger charge is -2.04. The number of nitro benzene ring substituents is 2. The zero-order valence-corrected chi connectivity index (χ0v) is 22.5. The van der Waals surface area contributed by atoms with Crippen LogP contribution in [0.4, 0.5) is 34.1 Å². The van der Waals surface area contributed by atoms with Gasteiger partial charge in [-0.3, -0.25) is 20.2 Å². The highest BCUT2D eigenvalue weighted by atomic mass is 16.6. The van der Waals surface area contributed by atoms with Crippen LogP contribution in [0, 0.1) is 20.2 Å². The first-order valence-corrected chi connectivity index (χ1v) is 13.5. The number of rotatable bonds is 14. The lowest BCUT2D eigenvalue weighted by atomic mass is 10.0.